The summed E-state index contributed by atoms with van der Waals surface area (Å²) in [5, 5.41) is 7.63. The smallest absolute Gasteiger partial charge is 0.242 e. The third kappa shape index (κ3) is 6.45. The molecule has 2 fully saturated rings. The number of nitrogens with one attached hydrogen (secondary N) is 1. The zero-order valence-corrected chi connectivity index (χ0v) is 22.5. The number of hydrogen-bond donors (Lipinski definition) is 1. The molecular formula is C24H31ClN5O2W-. The molecule has 0 bridgehead atoms. The predicted molar refractivity (Wildman–Crippen MR) is 123 cm³/mol. The first-order valence-electron chi connectivity index (χ1n) is 11.6. The number of carbonyl (C=O) groups excluding carboxylic acids is 2. The number of benzene rings is 1. The number of likely N-dealkylation sites (tertiary alicyclic amines) is 1. The maximum absolute atomic E-state index is 13.3. The molecule has 178 valence electrons. The molecule has 0 spiro atoms. The SMILES string of the molecule is O=[C-]N[C@H](Cc1ccc(Cl)cc1)C(=O)N1CCC(Cn2cncn2)(C2CCCCC2)CC1.[W]. The third-order valence-corrected chi connectivity index (χ3v) is 7.62. The summed E-state index contributed by atoms with van der Waals surface area (Å²) in [5.41, 5.74) is 1.09. The fourth-order valence-corrected chi connectivity index (χ4v) is 5.69. The van der Waals surface area contributed by atoms with Gasteiger partial charge < -0.3 is 15.0 Å². The molecule has 4 rings (SSSR count). The topological polar surface area (TPSA) is 80.1 Å². The van der Waals surface area contributed by atoms with Crippen LogP contribution in [-0.4, -0.2) is 51.1 Å². The summed E-state index contributed by atoms with van der Waals surface area (Å²) in [4.78, 5) is 30.4. The van der Waals surface area contributed by atoms with Gasteiger partial charge in [-0.05, 0) is 61.1 Å². The van der Waals surface area contributed by atoms with Gasteiger partial charge in [-0.1, -0.05) is 43.0 Å². The molecule has 9 heteroatoms. The van der Waals surface area contributed by atoms with E-state index in [4.69, 9.17) is 11.6 Å². The van der Waals surface area contributed by atoms with Gasteiger partial charge in [0.05, 0.1) is 6.04 Å². The molecule has 2 aliphatic rings. The zero-order valence-electron chi connectivity index (χ0n) is 18.8. The average Bonchev–Trinajstić information content (AvgIpc) is 3.34. The maximum atomic E-state index is 13.3. The predicted octanol–water partition coefficient (Wildman–Crippen LogP) is 3.39. The Labute approximate surface area is 214 Å². The number of hydrogen-bond acceptors (Lipinski definition) is 4. The molecule has 0 radical (unpaired) electrons. The van der Waals surface area contributed by atoms with E-state index in [2.05, 4.69) is 15.4 Å². The summed E-state index contributed by atoms with van der Waals surface area (Å²) in [6.07, 6.45) is 13.8. The Hall–Kier alpha value is -1.72. The van der Waals surface area contributed by atoms with Crippen LogP contribution in [-0.2, 0) is 43.6 Å². The molecule has 2 aromatic rings. The monoisotopic (exact) mass is 640 g/mol. The largest absolute Gasteiger partial charge is 0.520 e. The molecule has 1 saturated carbocycles. The zero-order chi connectivity index (χ0) is 22.4. The summed E-state index contributed by atoms with van der Waals surface area (Å²) >= 11 is 5.97. The first kappa shape index (κ1) is 25.9. The number of carbonyl (C=O) groups is 1. The van der Waals surface area contributed by atoms with Gasteiger partial charge in [-0.3, -0.25) is 9.48 Å². The van der Waals surface area contributed by atoms with Crippen LogP contribution in [0.1, 0.15) is 50.5 Å². The summed E-state index contributed by atoms with van der Waals surface area (Å²) in [6.45, 7) is 2.25. The van der Waals surface area contributed by atoms with Crippen LogP contribution in [0.4, 0.5) is 0 Å². The van der Waals surface area contributed by atoms with Crippen LogP contribution in [0.3, 0.4) is 0 Å². The van der Waals surface area contributed by atoms with Gasteiger partial charge in [-0.2, -0.15) is 11.5 Å². The van der Waals surface area contributed by atoms with Gasteiger partial charge in [0.25, 0.3) is 0 Å². The fourth-order valence-electron chi connectivity index (χ4n) is 5.57. The number of halogens is 1. The second-order valence-electron chi connectivity index (χ2n) is 9.25. The van der Waals surface area contributed by atoms with Gasteiger partial charge in [0.15, 0.2) is 0 Å². The first-order chi connectivity index (χ1) is 15.6. The molecule has 0 unspecified atom stereocenters. The van der Waals surface area contributed by atoms with Crippen LogP contribution >= 0.6 is 11.6 Å². The van der Waals surface area contributed by atoms with Crippen LogP contribution in [0, 0.1) is 11.3 Å². The Bertz CT molecular complexity index is 879. The van der Waals surface area contributed by atoms with Crippen LogP contribution in [0.5, 0.6) is 0 Å². The third-order valence-electron chi connectivity index (χ3n) is 7.37. The van der Waals surface area contributed by atoms with Gasteiger partial charge in [-0.25, -0.2) is 4.98 Å². The molecule has 1 aromatic carbocycles. The van der Waals surface area contributed by atoms with Crippen molar-refractivity contribution in [3.8, 4) is 0 Å². The fraction of sp³-hybridized carbons (Fsp3) is 0.583. The van der Waals surface area contributed by atoms with E-state index >= 15 is 0 Å². The molecule has 2 amide bonds. The minimum absolute atomic E-state index is 0. The van der Waals surface area contributed by atoms with Gasteiger partial charge >= 0.3 is 0 Å². The van der Waals surface area contributed by atoms with E-state index in [1.54, 1.807) is 31.2 Å². The van der Waals surface area contributed by atoms with E-state index in [9.17, 15) is 9.59 Å². The van der Waals surface area contributed by atoms with E-state index in [-0.39, 0.29) is 32.4 Å². The Morgan fingerprint density at radius 2 is 1.88 bits per heavy atom. The summed E-state index contributed by atoms with van der Waals surface area (Å²) in [7, 11) is 0. The molecule has 1 N–H and O–H groups in total. The van der Waals surface area contributed by atoms with Crippen LogP contribution in [0.2, 0.25) is 5.02 Å². The second kappa shape index (κ2) is 12.1. The quantitative estimate of drug-likeness (QED) is 0.355. The average molecular weight is 641 g/mol. The van der Waals surface area contributed by atoms with Crippen molar-refractivity contribution in [3.63, 3.8) is 0 Å². The molecule has 1 aromatic heterocycles. The second-order valence-corrected chi connectivity index (χ2v) is 9.68. The van der Waals surface area contributed by atoms with Gasteiger partial charge in [-0.15, -0.1) is 0 Å². The summed E-state index contributed by atoms with van der Waals surface area (Å²) in [5.74, 6) is 0.616. The summed E-state index contributed by atoms with van der Waals surface area (Å²) < 4.78 is 1.96. The van der Waals surface area contributed by atoms with Crippen LogP contribution in [0.25, 0.3) is 0 Å². The molecule has 1 aliphatic heterocycles. The number of piperidine rings is 1. The Morgan fingerprint density at radius 1 is 1.18 bits per heavy atom. The van der Waals surface area contributed by atoms with E-state index in [1.807, 2.05) is 21.7 Å². The number of amides is 2. The minimum Gasteiger partial charge on any atom is -0.520 e. The van der Waals surface area contributed by atoms with Crippen molar-refractivity contribution in [2.75, 3.05) is 13.1 Å². The standard InChI is InChI=1S/C24H31ClN5O2.W/c25-21-8-6-19(7-9-21)14-22(27-18-31)23(32)29-12-10-24(11-13-29,15-30-17-26-16-28-30)20-4-2-1-3-5-20;/h6-9,16-17,20,22H,1-5,10-15H2,(H,27,31);/q-1;/t22-;/m1./s1. The van der Waals surface area contributed by atoms with Crippen molar-refractivity contribution >= 4 is 23.9 Å². The maximum Gasteiger partial charge on any atom is 0.242 e. The van der Waals surface area contributed by atoms with Gasteiger partial charge in [0.1, 0.15) is 12.7 Å². The number of nitrogens with zero attached hydrogens (tertiary/aromatic N) is 4. The van der Waals surface area contributed by atoms with Crippen molar-refractivity contribution in [2.45, 2.75) is 64.0 Å². The molecule has 1 saturated heterocycles. The molecular weight excluding hydrogens is 610 g/mol. The molecule has 2 heterocycles. The number of rotatable bonds is 8. The van der Waals surface area contributed by atoms with Crippen molar-refractivity contribution in [2.24, 2.45) is 11.3 Å². The summed E-state index contributed by atoms with van der Waals surface area (Å²) in [6, 6.07) is 6.75. The molecule has 7 nitrogen and oxygen atoms in total. The van der Waals surface area contributed by atoms with Gasteiger partial charge in [0, 0.05) is 45.7 Å². The Morgan fingerprint density at radius 3 is 2.48 bits per heavy atom. The van der Waals surface area contributed by atoms with E-state index < -0.39 is 6.04 Å². The van der Waals surface area contributed by atoms with Crippen molar-refractivity contribution < 1.29 is 30.7 Å². The van der Waals surface area contributed by atoms with Crippen molar-refractivity contribution in [1.82, 2.24) is 25.0 Å². The minimum atomic E-state index is -0.619. The van der Waals surface area contributed by atoms with Gasteiger partial charge in [0.2, 0.25) is 5.91 Å². The van der Waals surface area contributed by atoms with Crippen LogP contribution in [0.15, 0.2) is 36.9 Å². The normalized spacial score (nSPS) is 19.4. The molecule has 33 heavy (non-hydrogen) atoms. The van der Waals surface area contributed by atoms with Crippen LogP contribution < -0.4 is 5.32 Å². The van der Waals surface area contributed by atoms with E-state index in [0.29, 0.717) is 30.5 Å². The van der Waals surface area contributed by atoms with Crippen molar-refractivity contribution in [3.05, 3.63) is 47.5 Å². The first-order valence-corrected chi connectivity index (χ1v) is 12.0. The van der Waals surface area contributed by atoms with E-state index in [0.717, 1.165) is 24.9 Å². The van der Waals surface area contributed by atoms with Crippen molar-refractivity contribution in [1.29, 1.82) is 0 Å². The molecule has 1 atom stereocenters. The van der Waals surface area contributed by atoms with E-state index in [1.165, 1.54) is 32.1 Å². The Balaban J connectivity index is 0.00000306. The number of aromatic nitrogens is 3. The Kier molecular flexibility index (Phi) is 9.51. The molecule has 1 aliphatic carbocycles.